The highest BCUT2D eigenvalue weighted by atomic mass is 32.2. The van der Waals surface area contributed by atoms with Crippen molar-refractivity contribution >= 4 is 46.6 Å². The van der Waals surface area contributed by atoms with Gasteiger partial charge in [0.1, 0.15) is 11.6 Å². The van der Waals surface area contributed by atoms with Crippen molar-refractivity contribution in [3.05, 3.63) is 29.8 Å². The fourth-order valence-electron chi connectivity index (χ4n) is 3.33. The first-order chi connectivity index (χ1) is 13.9. The highest BCUT2D eigenvalue weighted by molar-refractivity contribution is 7.99. The van der Waals surface area contributed by atoms with Crippen LogP contribution in [0.25, 0.3) is 0 Å². The second-order valence-electron chi connectivity index (χ2n) is 7.19. The Labute approximate surface area is 174 Å². The van der Waals surface area contributed by atoms with Crippen molar-refractivity contribution in [2.75, 3.05) is 27.9 Å². The van der Waals surface area contributed by atoms with Crippen molar-refractivity contribution in [3.63, 3.8) is 0 Å². The number of rotatable bonds is 6. The van der Waals surface area contributed by atoms with Crippen LogP contribution in [0.5, 0.6) is 0 Å². The molecule has 1 aromatic heterocycles. The maximum atomic E-state index is 12.4. The zero-order chi connectivity index (χ0) is 20.8. The molecule has 1 aliphatic rings. The van der Waals surface area contributed by atoms with E-state index in [2.05, 4.69) is 20.6 Å². The molecule has 0 radical (unpaired) electrons. The monoisotopic (exact) mass is 414 g/mol. The zero-order valence-corrected chi connectivity index (χ0v) is 17.2. The van der Waals surface area contributed by atoms with Gasteiger partial charge in [0, 0.05) is 23.4 Å². The Balaban J connectivity index is 1.53. The zero-order valence-electron chi connectivity index (χ0n) is 16.4. The van der Waals surface area contributed by atoms with E-state index in [4.69, 9.17) is 11.5 Å². The minimum atomic E-state index is -0.196. The summed E-state index contributed by atoms with van der Waals surface area (Å²) in [4.78, 5) is 32.7. The molecule has 1 aromatic carbocycles. The molecule has 154 valence electrons. The lowest BCUT2D eigenvalue weighted by molar-refractivity contribution is -0.120. The maximum absolute atomic E-state index is 12.4. The summed E-state index contributed by atoms with van der Waals surface area (Å²) in [7, 11) is 0. The number of anilines is 4. The van der Waals surface area contributed by atoms with Gasteiger partial charge in [-0.2, -0.15) is 0 Å². The quantitative estimate of drug-likeness (QED) is 0.421. The smallest absolute Gasteiger partial charge is 0.234 e. The number of nitrogens with zero attached hydrogens (tertiary/aromatic N) is 2. The molecule has 1 saturated carbocycles. The molecule has 6 N–H and O–H groups in total. The first-order valence-electron chi connectivity index (χ1n) is 9.65. The Morgan fingerprint density at radius 3 is 2.41 bits per heavy atom. The number of amides is 2. The Hall–Kier alpha value is -2.81. The summed E-state index contributed by atoms with van der Waals surface area (Å²) in [6, 6.07) is 6.90. The topological polar surface area (TPSA) is 136 Å². The van der Waals surface area contributed by atoms with Gasteiger partial charge in [-0.3, -0.25) is 9.59 Å². The lowest BCUT2D eigenvalue weighted by atomic mass is 9.88. The highest BCUT2D eigenvalue weighted by Crippen LogP contribution is 2.26. The van der Waals surface area contributed by atoms with Gasteiger partial charge >= 0.3 is 0 Å². The Bertz CT molecular complexity index is 878. The van der Waals surface area contributed by atoms with Crippen molar-refractivity contribution < 1.29 is 9.59 Å². The number of nitrogens with one attached hydrogen (secondary N) is 2. The first kappa shape index (κ1) is 20.9. The number of benzene rings is 1. The molecule has 0 saturated heterocycles. The molecule has 0 spiro atoms. The van der Waals surface area contributed by atoms with Gasteiger partial charge in [-0.15, -0.1) is 0 Å². The first-order valence-corrected chi connectivity index (χ1v) is 10.6. The summed E-state index contributed by atoms with van der Waals surface area (Å²) in [6.45, 7) is 1.91. The Kier molecular flexibility index (Phi) is 6.92. The summed E-state index contributed by atoms with van der Waals surface area (Å²) < 4.78 is 0. The molecule has 2 amide bonds. The van der Waals surface area contributed by atoms with Gasteiger partial charge in [0.05, 0.1) is 5.75 Å². The standard InChI is InChI=1S/C20H26N6O2S/c1-12-9-14(7-8-15(12)24-19(28)13-5-3-2-4-6-13)23-18(27)11-29-20-25-16(21)10-17(22)26-20/h7-10,13H,2-6,11H2,1H3,(H,23,27)(H,24,28)(H4,21,22,25,26). The van der Waals surface area contributed by atoms with Gasteiger partial charge in [0.2, 0.25) is 11.8 Å². The van der Waals surface area contributed by atoms with Crippen LogP contribution in [0.2, 0.25) is 0 Å². The lowest BCUT2D eigenvalue weighted by Gasteiger charge is -2.21. The third-order valence-corrected chi connectivity index (χ3v) is 5.67. The third-order valence-electron chi connectivity index (χ3n) is 4.82. The van der Waals surface area contributed by atoms with Crippen LogP contribution in [0.15, 0.2) is 29.4 Å². The molecule has 0 unspecified atom stereocenters. The number of aromatic nitrogens is 2. The molecule has 9 heteroatoms. The van der Waals surface area contributed by atoms with Gasteiger partial charge in [-0.1, -0.05) is 31.0 Å². The van der Waals surface area contributed by atoms with E-state index < -0.39 is 0 Å². The minimum absolute atomic E-state index is 0.0855. The molecule has 1 fully saturated rings. The number of carbonyl (C=O) groups excluding carboxylic acids is 2. The largest absolute Gasteiger partial charge is 0.383 e. The summed E-state index contributed by atoms with van der Waals surface area (Å²) >= 11 is 1.16. The van der Waals surface area contributed by atoms with Crippen LogP contribution in [-0.4, -0.2) is 27.5 Å². The molecule has 1 heterocycles. The summed E-state index contributed by atoms with van der Waals surface area (Å²) in [6.07, 6.45) is 5.37. The van der Waals surface area contributed by atoms with E-state index in [1.807, 2.05) is 19.1 Å². The second-order valence-corrected chi connectivity index (χ2v) is 8.13. The van der Waals surface area contributed by atoms with Crippen molar-refractivity contribution in [3.8, 4) is 0 Å². The van der Waals surface area contributed by atoms with E-state index in [-0.39, 0.29) is 35.1 Å². The van der Waals surface area contributed by atoms with Gasteiger partial charge < -0.3 is 22.1 Å². The van der Waals surface area contributed by atoms with Gasteiger partial charge in [0.25, 0.3) is 0 Å². The molecule has 2 aromatic rings. The maximum Gasteiger partial charge on any atom is 0.234 e. The van der Waals surface area contributed by atoms with Crippen LogP contribution in [0.4, 0.5) is 23.0 Å². The lowest BCUT2D eigenvalue weighted by Crippen LogP contribution is -2.25. The van der Waals surface area contributed by atoms with Gasteiger partial charge in [0.15, 0.2) is 5.16 Å². The number of thioether (sulfide) groups is 1. The number of hydrogen-bond donors (Lipinski definition) is 4. The normalized spacial score (nSPS) is 14.4. The molecule has 29 heavy (non-hydrogen) atoms. The van der Waals surface area contributed by atoms with E-state index in [0.29, 0.717) is 10.8 Å². The van der Waals surface area contributed by atoms with Crippen molar-refractivity contribution in [1.29, 1.82) is 0 Å². The van der Waals surface area contributed by atoms with Crippen molar-refractivity contribution in [2.45, 2.75) is 44.2 Å². The van der Waals surface area contributed by atoms with Crippen molar-refractivity contribution in [1.82, 2.24) is 9.97 Å². The van der Waals surface area contributed by atoms with E-state index in [1.165, 1.54) is 12.5 Å². The minimum Gasteiger partial charge on any atom is -0.383 e. The predicted octanol–water partition coefficient (Wildman–Crippen LogP) is 3.20. The van der Waals surface area contributed by atoms with Crippen LogP contribution in [0, 0.1) is 12.8 Å². The van der Waals surface area contributed by atoms with Gasteiger partial charge in [-0.25, -0.2) is 9.97 Å². The van der Waals surface area contributed by atoms with E-state index in [1.54, 1.807) is 6.07 Å². The van der Waals surface area contributed by atoms with Gasteiger partial charge in [-0.05, 0) is 43.5 Å². The second kappa shape index (κ2) is 9.60. The fourth-order valence-corrected chi connectivity index (χ4v) is 4.01. The predicted molar refractivity (Wildman–Crippen MR) is 117 cm³/mol. The van der Waals surface area contributed by atoms with Crippen LogP contribution in [0.3, 0.4) is 0 Å². The van der Waals surface area contributed by atoms with Crippen LogP contribution in [-0.2, 0) is 9.59 Å². The molecular weight excluding hydrogens is 388 g/mol. The molecule has 3 rings (SSSR count). The molecule has 0 atom stereocenters. The number of nitrogens with two attached hydrogens (primary N) is 2. The summed E-state index contributed by atoms with van der Waals surface area (Å²) in [5.74, 6) is 0.647. The number of nitrogen functional groups attached to an aromatic ring is 2. The SMILES string of the molecule is Cc1cc(NC(=O)CSc2nc(N)cc(N)n2)ccc1NC(=O)C1CCCCC1. The molecule has 0 aliphatic heterocycles. The van der Waals surface area contributed by atoms with Crippen molar-refractivity contribution in [2.24, 2.45) is 5.92 Å². The average molecular weight is 415 g/mol. The molecule has 1 aliphatic carbocycles. The number of carbonyl (C=O) groups is 2. The van der Waals surface area contributed by atoms with Crippen LogP contribution in [0.1, 0.15) is 37.7 Å². The van der Waals surface area contributed by atoms with E-state index >= 15 is 0 Å². The molecule has 0 bridgehead atoms. The molecular formula is C20H26N6O2S. The third kappa shape index (κ3) is 6.08. The van der Waals surface area contributed by atoms with E-state index in [9.17, 15) is 9.59 Å². The Morgan fingerprint density at radius 2 is 1.76 bits per heavy atom. The number of aryl methyl sites for hydroxylation is 1. The fraction of sp³-hybridized carbons (Fsp3) is 0.400. The number of hydrogen-bond acceptors (Lipinski definition) is 7. The van der Waals surface area contributed by atoms with E-state index in [0.717, 1.165) is 48.7 Å². The summed E-state index contributed by atoms with van der Waals surface area (Å²) in [5.41, 5.74) is 13.6. The Morgan fingerprint density at radius 1 is 1.07 bits per heavy atom. The average Bonchev–Trinajstić information content (AvgIpc) is 2.68. The molecule has 8 nitrogen and oxygen atoms in total. The van der Waals surface area contributed by atoms with Crippen LogP contribution < -0.4 is 22.1 Å². The van der Waals surface area contributed by atoms with Crippen LogP contribution >= 0.6 is 11.8 Å². The highest BCUT2D eigenvalue weighted by Gasteiger charge is 2.21. The summed E-state index contributed by atoms with van der Waals surface area (Å²) in [5, 5.41) is 6.21.